The van der Waals surface area contributed by atoms with E-state index in [1.807, 2.05) is 0 Å². The molecule has 1 N–H and O–H groups in total. The highest BCUT2D eigenvalue weighted by atomic mass is 127. The third kappa shape index (κ3) is 2.27. The Kier molecular flexibility index (Phi) is 3.56. The van der Waals surface area contributed by atoms with Crippen LogP contribution in [0.2, 0.25) is 0 Å². The van der Waals surface area contributed by atoms with E-state index < -0.39 is 0 Å². The lowest BCUT2D eigenvalue weighted by Crippen LogP contribution is -2.37. The maximum atomic E-state index is 11.7. The molecule has 0 saturated carbocycles. The SMILES string of the molecule is O=c1[nH]cnc(N2CCCN3CCCC3C2)c1I. The van der Waals surface area contributed by atoms with Crippen molar-refractivity contribution in [3.8, 4) is 0 Å². The fraction of sp³-hybridized carbons (Fsp3) is 0.667. The van der Waals surface area contributed by atoms with E-state index in [0.29, 0.717) is 9.61 Å². The van der Waals surface area contributed by atoms with Crippen molar-refractivity contribution in [1.82, 2.24) is 14.9 Å². The lowest BCUT2D eigenvalue weighted by molar-refractivity contribution is 0.273. The zero-order chi connectivity index (χ0) is 12.5. The molecule has 1 atom stereocenters. The molecule has 2 aliphatic rings. The van der Waals surface area contributed by atoms with Gasteiger partial charge in [0.1, 0.15) is 9.39 Å². The predicted octanol–water partition coefficient (Wildman–Crippen LogP) is 1.05. The first kappa shape index (κ1) is 12.4. The summed E-state index contributed by atoms with van der Waals surface area (Å²) in [5, 5.41) is 0. The van der Waals surface area contributed by atoms with E-state index >= 15 is 0 Å². The lowest BCUT2D eigenvalue weighted by atomic mass is 10.2. The van der Waals surface area contributed by atoms with Crippen molar-refractivity contribution in [2.24, 2.45) is 0 Å². The van der Waals surface area contributed by atoms with Crippen molar-refractivity contribution in [2.45, 2.75) is 25.3 Å². The largest absolute Gasteiger partial charge is 0.354 e. The Bertz CT molecular complexity index is 489. The molecule has 0 aromatic carbocycles. The van der Waals surface area contributed by atoms with Gasteiger partial charge in [-0.3, -0.25) is 9.69 Å². The van der Waals surface area contributed by atoms with Crippen molar-refractivity contribution in [1.29, 1.82) is 0 Å². The number of hydrogen-bond acceptors (Lipinski definition) is 4. The minimum Gasteiger partial charge on any atom is -0.354 e. The van der Waals surface area contributed by atoms with Crippen molar-refractivity contribution in [2.75, 3.05) is 31.1 Å². The number of hydrogen-bond donors (Lipinski definition) is 1. The molecule has 2 saturated heterocycles. The molecular weight excluding hydrogens is 343 g/mol. The highest BCUT2D eigenvalue weighted by molar-refractivity contribution is 14.1. The van der Waals surface area contributed by atoms with Gasteiger partial charge in [0.2, 0.25) is 0 Å². The van der Waals surface area contributed by atoms with E-state index in [1.54, 1.807) is 0 Å². The minimum atomic E-state index is -0.0341. The molecule has 5 nitrogen and oxygen atoms in total. The van der Waals surface area contributed by atoms with Crippen molar-refractivity contribution < 1.29 is 0 Å². The molecule has 0 amide bonds. The number of fused-ring (bicyclic) bond motifs is 1. The van der Waals surface area contributed by atoms with Gasteiger partial charge in [-0.25, -0.2) is 4.98 Å². The van der Waals surface area contributed by atoms with Gasteiger partial charge in [-0.2, -0.15) is 0 Å². The summed E-state index contributed by atoms with van der Waals surface area (Å²) in [6.07, 6.45) is 5.24. The monoisotopic (exact) mass is 360 g/mol. The van der Waals surface area contributed by atoms with Gasteiger partial charge in [0.15, 0.2) is 0 Å². The summed E-state index contributed by atoms with van der Waals surface area (Å²) in [6, 6.07) is 0.643. The summed E-state index contributed by atoms with van der Waals surface area (Å²) < 4.78 is 0.710. The average molecular weight is 360 g/mol. The van der Waals surface area contributed by atoms with Gasteiger partial charge >= 0.3 is 0 Å². The molecule has 98 valence electrons. The van der Waals surface area contributed by atoms with Gasteiger partial charge < -0.3 is 9.88 Å². The third-order valence-corrected chi connectivity index (χ3v) is 4.85. The van der Waals surface area contributed by atoms with Crippen LogP contribution in [0.15, 0.2) is 11.1 Å². The van der Waals surface area contributed by atoms with Crippen LogP contribution < -0.4 is 10.5 Å². The van der Waals surface area contributed by atoms with Gasteiger partial charge in [-0.05, 0) is 48.4 Å². The molecule has 3 rings (SSSR count). The quantitative estimate of drug-likeness (QED) is 0.761. The first-order valence-corrected chi connectivity index (χ1v) is 7.56. The van der Waals surface area contributed by atoms with E-state index in [1.165, 1.54) is 32.3 Å². The van der Waals surface area contributed by atoms with E-state index in [4.69, 9.17) is 0 Å². The van der Waals surface area contributed by atoms with Gasteiger partial charge in [-0.1, -0.05) is 0 Å². The number of halogens is 1. The topological polar surface area (TPSA) is 52.2 Å². The lowest BCUT2D eigenvalue weighted by Gasteiger charge is -2.26. The second kappa shape index (κ2) is 5.16. The van der Waals surface area contributed by atoms with Crippen molar-refractivity contribution in [3.05, 3.63) is 20.3 Å². The number of aromatic nitrogens is 2. The standard InChI is InChI=1S/C12H17IN4O/c13-10-11(14-8-15-12(10)18)17-6-2-5-16-4-1-3-9(16)7-17/h8-9H,1-7H2,(H,14,15,18). The summed E-state index contributed by atoms with van der Waals surface area (Å²) in [6.45, 7) is 4.42. The Labute approximate surface area is 120 Å². The fourth-order valence-electron chi connectivity index (χ4n) is 2.99. The smallest absolute Gasteiger partial charge is 0.266 e. The summed E-state index contributed by atoms with van der Waals surface area (Å²) >= 11 is 2.10. The van der Waals surface area contributed by atoms with Gasteiger partial charge in [-0.15, -0.1) is 0 Å². The fourth-order valence-corrected chi connectivity index (χ4v) is 3.63. The zero-order valence-corrected chi connectivity index (χ0v) is 12.4. The van der Waals surface area contributed by atoms with E-state index in [2.05, 4.69) is 42.4 Å². The summed E-state index contributed by atoms with van der Waals surface area (Å²) in [5.41, 5.74) is -0.0341. The molecular formula is C12H17IN4O. The maximum Gasteiger partial charge on any atom is 0.266 e. The second-order valence-electron chi connectivity index (χ2n) is 5.00. The van der Waals surface area contributed by atoms with Crippen LogP contribution in [0.3, 0.4) is 0 Å². The van der Waals surface area contributed by atoms with Crippen LogP contribution in [0, 0.1) is 3.57 Å². The molecule has 18 heavy (non-hydrogen) atoms. The Morgan fingerprint density at radius 2 is 2.17 bits per heavy atom. The summed E-state index contributed by atoms with van der Waals surface area (Å²) in [5.74, 6) is 0.855. The minimum absolute atomic E-state index is 0.0341. The molecule has 0 aliphatic carbocycles. The van der Waals surface area contributed by atoms with Crippen LogP contribution >= 0.6 is 22.6 Å². The molecule has 1 aromatic rings. The predicted molar refractivity (Wildman–Crippen MR) is 79.0 cm³/mol. The Balaban J connectivity index is 1.87. The first-order valence-electron chi connectivity index (χ1n) is 6.48. The van der Waals surface area contributed by atoms with Gasteiger partial charge in [0.05, 0.1) is 6.33 Å². The van der Waals surface area contributed by atoms with Crippen molar-refractivity contribution in [3.63, 3.8) is 0 Å². The molecule has 6 heteroatoms. The maximum absolute atomic E-state index is 11.7. The van der Waals surface area contributed by atoms with Crippen LogP contribution in [0.25, 0.3) is 0 Å². The Morgan fingerprint density at radius 1 is 1.33 bits per heavy atom. The van der Waals surface area contributed by atoms with Crippen LogP contribution in [0.1, 0.15) is 19.3 Å². The molecule has 0 bridgehead atoms. The van der Waals surface area contributed by atoms with Crippen LogP contribution in [-0.4, -0.2) is 47.1 Å². The molecule has 1 aromatic heterocycles. The Morgan fingerprint density at radius 3 is 3.06 bits per heavy atom. The van der Waals surface area contributed by atoms with Crippen LogP contribution in [0.4, 0.5) is 5.82 Å². The van der Waals surface area contributed by atoms with Crippen LogP contribution in [-0.2, 0) is 0 Å². The highest BCUT2D eigenvalue weighted by Gasteiger charge is 2.29. The highest BCUT2D eigenvalue weighted by Crippen LogP contribution is 2.25. The molecule has 0 radical (unpaired) electrons. The average Bonchev–Trinajstić information content (AvgIpc) is 2.70. The molecule has 2 aliphatic heterocycles. The number of H-pyrrole nitrogens is 1. The number of nitrogens with one attached hydrogen (secondary N) is 1. The number of aromatic amines is 1. The summed E-state index contributed by atoms with van der Waals surface area (Å²) in [4.78, 5) is 23.5. The molecule has 1 unspecified atom stereocenters. The molecule has 0 spiro atoms. The Hall–Kier alpha value is -0.630. The number of nitrogens with zero attached hydrogens (tertiary/aromatic N) is 3. The number of anilines is 1. The normalized spacial score (nSPS) is 24.9. The molecule has 3 heterocycles. The molecule has 2 fully saturated rings. The van der Waals surface area contributed by atoms with Crippen molar-refractivity contribution >= 4 is 28.4 Å². The number of rotatable bonds is 1. The summed E-state index contributed by atoms with van der Waals surface area (Å²) in [7, 11) is 0. The van der Waals surface area contributed by atoms with E-state index in [0.717, 1.165) is 25.3 Å². The zero-order valence-electron chi connectivity index (χ0n) is 10.2. The third-order valence-electron chi connectivity index (χ3n) is 3.88. The first-order chi connectivity index (χ1) is 8.75. The van der Waals surface area contributed by atoms with E-state index in [9.17, 15) is 4.79 Å². The van der Waals surface area contributed by atoms with E-state index in [-0.39, 0.29) is 5.56 Å². The van der Waals surface area contributed by atoms with Crippen LogP contribution in [0.5, 0.6) is 0 Å². The van der Waals surface area contributed by atoms with Gasteiger partial charge in [0.25, 0.3) is 5.56 Å². The van der Waals surface area contributed by atoms with Gasteiger partial charge in [0, 0.05) is 25.7 Å². The second-order valence-corrected chi connectivity index (χ2v) is 6.08.